The molecule has 3 aromatic rings. The highest BCUT2D eigenvalue weighted by Crippen LogP contribution is 2.31. The van der Waals surface area contributed by atoms with Gasteiger partial charge in [0.1, 0.15) is 0 Å². The number of anilines is 1. The summed E-state index contributed by atoms with van der Waals surface area (Å²) < 4.78 is 0. The Morgan fingerprint density at radius 1 is 0.943 bits per heavy atom. The Bertz CT molecular complexity index is 1420. The van der Waals surface area contributed by atoms with Gasteiger partial charge in [0.05, 0.1) is 33.8 Å². The number of benzene rings is 3. The number of carbonyl (C=O) groups excluding carboxylic acids is 3. The zero-order valence-corrected chi connectivity index (χ0v) is 18.9. The number of hydrogen-bond donors (Lipinski definition) is 2. The quantitative estimate of drug-likeness (QED) is 0.419. The molecule has 1 saturated heterocycles. The normalized spacial score (nSPS) is 17.3. The Labute approximate surface area is 204 Å². The van der Waals surface area contributed by atoms with Crippen molar-refractivity contribution < 1.29 is 24.3 Å². The molecule has 0 aromatic heterocycles. The Hall–Kier alpha value is -4.50. The second kappa shape index (κ2) is 9.03. The highest BCUT2D eigenvalue weighted by Gasteiger charge is 2.36. The second-order valence-electron chi connectivity index (χ2n) is 7.80. The van der Waals surface area contributed by atoms with Crippen molar-refractivity contribution in [2.24, 2.45) is 4.99 Å². The van der Waals surface area contributed by atoms with Crippen LogP contribution in [0.15, 0.2) is 82.7 Å². The molecular weight excluding hydrogens is 466 g/mol. The average molecular weight is 484 g/mol. The molecule has 0 bridgehead atoms. The fourth-order valence-corrected chi connectivity index (χ4v) is 4.63. The minimum absolute atomic E-state index is 0.0744. The maximum absolute atomic E-state index is 12.8. The van der Waals surface area contributed by atoms with Crippen LogP contribution in [0.2, 0.25) is 0 Å². The highest BCUT2D eigenvalue weighted by atomic mass is 32.2. The smallest absolute Gasteiger partial charge is 0.307 e. The minimum Gasteiger partial charge on any atom is -0.481 e. The lowest BCUT2D eigenvalue weighted by molar-refractivity contribution is -0.136. The zero-order valence-electron chi connectivity index (χ0n) is 18.1. The van der Waals surface area contributed by atoms with Crippen molar-refractivity contribution >= 4 is 58.1 Å². The van der Waals surface area contributed by atoms with E-state index in [0.717, 1.165) is 16.7 Å². The third kappa shape index (κ3) is 4.49. The molecule has 8 nitrogen and oxygen atoms in total. The second-order valence-corrected chi connectivity index (χ2v) is 8.84. The van der Waals surface area contributed by atoms with Crippen molar-refractivity contribution in [2.45, 2.75) is 6.42 Å². The first-order valence-electron chi connectivity index (χ1n) is 10.6. The molecule has 0 radical (unpaired) electrons. The lowest BCUT2D eigenvalue weighted by Crippen LogP contribution is -2.29. The minimum atomic E-state index is -0.912. The molecule has 2 aliphatic heterocycles. The van der Waals surface area contributed by atoms with Gasteiger partial charge in [-0.25, -0.2) is 9.89 Å². The first-order valence-corrected chi connectivity index (χ1v) is 11.4. The van der Waals surface area contributed by atoms with E-state index in [1.54, 1.807) is 78.9 Å². The summed E-state index contributed by atoms with van der Waals surface area (Å²) in [6, 6.07) is 20.3. The Morgan fingerprint density at radius 2 is 1.63 bits per heavy atom. The van der Waals surface area contributed by atoms with E-state index in [-0.39, 0.29) is 24.1 Å². The molecule has 0 aliphatic carbocycles. The first-order chi connectivity index (χ1) is 16.9. The van der Waals surface area contributed by atoms with Crippen LogP contribution in [0, 0.1) is 0 Å². The fraction of sp³-hybridized carbons (Fsp3) is 0.0385. The van der Waals surface area contributed by atoms with E-state index >= 15 is 0 Å². The van der Waals surface area contributed by atoms with E-state index in [4.69, 9.17) is 5.11 Å². The molecule has 2 heterocycles. The number of aliphatic carboxylic acids is 1. The highest BCUT2D eigenvalue weighted by molar-refractivity contribution is 8.18. The van der Waals surface area contributed by atoms with Gasteiger partial charge in [-0.2, -0.15) is 0 Å². The van der Waals surface area contributed by atoms with Crippen molar-refractivity contribution in [1.82, 2.24) is 5.32 Å². The number of aliphatic imine (C=N–C) groups is 1. The Morgan fingerprint density at radius 3 is 2.29 bits per heavy atom. The predicted octanol–water partition coefficient (Wildman–Crippen LogP) is 4.01. The van der Waals surface area contributed by atoms with Crippen LogP contribution in [0.3, 0.4) is 0 Å². The zero-order chi connectivity index (χ0) is 24.5. The van der Waals surface area contributed by atoms with Crippen molar-refractivity contribution in [3.05, 3.63) is 100.0 Å². The molecule has 172 valence electrons. The summed E-state index contributed by atoms with van der Waals surface area (Å²) in [7, 11) is 0. The summed E-state index contributed by atoms with van der Waals surface area (Å²) in [5.74, 6) is -1.99. The summed E-state index contributed by atoms with van der Waals surface area (Å²) in [5.41, 5.74) is 3.03. The third-order valence-electron chi connectivity index (χ3n) is 5.39. The fourth-order valence-electron chi connectivity index (χ4n) is 3.79. The van der Waals surface area contributed by atoms with Crippen LogP contribution >= 0.6 is 11.8 Å². The number of thioether (sulfide) groups is 1. The number of amides is 3. The van der Waals surface area contributed by atoms with Gasteiger partial charge < -0.3 is 10.4 Å². The summed E-state index contributed by atoms with van der Waals surface area (Å²) in [6.07, 6.45) is 1.59. The molecule has 0 saturated carbocycles. The van der Waals surface area contributed by atoms with E-state index in [9.17, 15) is 19.2 Å². The summed E-state index contributed by atoms with van der Waals surface area (Å²) in [6.45, 7) is 0. The van der Waals surface area contributed by atoms with E-state index in [1.165, 1.54) is 0 Å². The molecule has 2 aliphatic rings. The molecule has 0 spiro atoms. The number of nitrogens with one attached hydrogen (secondary N) is 1. The maximum Gasteiger partial charge on any atom is 0.307 e. The molecule has 5 rings (SSSR count). The Kier molecular flexibility index (Phi) is 5.76. The van der Waals surface area contributed by atoms with Gasteiger partial charge in [0.15, 0.2) is 5.17 Å². The van der Waals surface area contributed by atoms with Gasteiger partial charge in [0, 0.05) is 0 Å². The van der Waals surface area contributed by atoms with E-state index in [1.807, 2.05) is 0 Å². The molecule has 1 fully saturated rings. The van der Waals surface area contributed by atoms with Crippen LogP contribution in [0.1, 0.15) is 31.8 Å². The van der Waals surface area contributed by atoms with E-state index in [0.29, 0.717) is 43.7 Å². The van der Waals surface area contributed by atoms with Crippen LogP contribution in [0.4, 0.5) is 11.4 Å². The number of imide groups is 1. The molecular formula is C26H17N3O5S. The number of nitrogens with zero attached hydrogens (tertiary/aromatic N) is 2. The van der Waals surface area contributed by atoms with Crippen molar-refractivity contribution in [3.8, 4) is 0 Å². The van der Waals surface area contributed by atoms with Crippen LogP contribution in [-0.2, 0) is 16.0 Å². The van der Waals surface area contributed by atoms with Crippen LogP contribution < -0.4 is 10.2 Å². The van der Waals surface area contributed by atoms with Gasteiger partial charge in [0.25, 0.3) is 17.7 Å². The van der Waals surface area contributed by atoms with E-state index < -0.39 is 5.97 Å². The lowest BCUT2D eigenvalue weighted by atomic mass is 10.1. The molecule has 3 aromatic carbocycles. The molecule has 9 heteroatoms. The van der Waals surface area contributed by atoms with Crippen molar-refractivity contribution in [2.75, 3.05) is 4.90 Å². The molecule has 0 unspecified atom stereocenters. The molecule has 0 atom stereocenters. The van der Waals surface area contributed by atoms with Gasteiger partial charge in [-0.3, -0.25) is 19.2 Å². The number of fused-ring (bicyclic) bond motifs is 1. The van der Waals surface area contributed by atoms with E-state index in [2.05, 4.69) is 10.3 Å². The Balaban J connectivity index is 1.35. The van der Waals surface area contributed by atoms with Crippen molar-refractivity contribution in [1.29, 1.82) is 0 Å². The van der Waals surface area contributed by atoms with Gasteiger partial charge in [0.2, 0.25) is 0 Å². The SMILES string of the molecule is O=C(O)Cc1ccc(N=C2NC(=O)/C(=C\c3cccc(N4C(=O)c5ccccc5C4=O)c3)S2)cc1. The largest absolute Gasteiger partial charge is 0.481 e. The van der Waals surface area contributed by atoms with Crippen molar-refractivity contribution in [3.63, 3.8) is 0 Å². The first kappa shape index (κ1) is 22.3. The monoisotopic (exact) mass is 483 g/mol. The van der Waals surface area contributed by atoms with Gasteiger partial charge in [-0.15, -0.1) is 0 Å². The van der Waals surface area contributed by atoms with Gasteiger partial charge >= 0.3 is 5.97 Å². The maximum atomic E-state index is 12.8. The van der Waals surface area contributed by atoms with Crippen LogP contribution in [0.5, 0.6) is 0 Å². The van der Waals surface area contributed by atoms with Gasteiger partial charge in [-0.05, 0) is 65.4 Å². The van der Waals surface area contributed by atoms with Crippen LogP contribution in [-0.4, -0.2) is 34.0 Å². The molecule has 3 amide bonds. The average Bonchev–Trinajstić information content (AvgIpc) is 3.30. The summed E-state index contributed by atoms with van der Waals surface area (Å²) in [4.78, 5) is 54.8. The van der Waals surface area contributed by atoms with Gasteiger partial charge in [-0.1, -0.05) is 36.4 Å². The van der Waals surface area contributed by atoms with Crippen LogP contribution in [0.25, 0.3) is 6.08 Å². The number of amidine groups is 1. The number of carboxylic acids is 1. The lowest BCUT2D eigenvalue weighted by Gasteiger charge is -2.14. The standard InChI is InChI=1S/C26H17N3O5S/c30-22(31)14-15-8-10-17(11-9-15)27-26-28-23(32)21(35-26)13-16-4-3-5-18(12-16)29-24(33)19-6-1-2-7-20(19)25(29)34/h1-13H,14H2,(H,30,31)(H,27,28,32)/b21-13+. The number of carboxylic acid groups (broad SMARTS) is 1. The number of carbonyl (C=O) groups is 4. The summed E-state index contributed by atoms with van der Waals surface area (Å²) >= 11 is 1.16. The third-order valence-corrected chi connectivity index (χ3v) is 6.30. The number of rotatable bonds is 5. The summed E-state index contributed by atoms with van der Waals surface area (Å²) in [5, 5.41) is 12.0. The number of hydrogen-bond acceptors (Lipinski definition) is 6. The topological polar surface area (TPSA) is 116 Å². The molecule has 2 N–H and O–H groups in total. The predicted molar refractivity (Wildman–Crippen MR) is 133 cm³/mol. The molecule has 35 heavy (non-hydrogen) atoms.